The Hall–Kier alpha value is -7.70. The molecule has 1 N–H and O–H groups in total. The molecule has 0 spiro atoms. The molecule has 0 aliphatic rings. The molecule has 440 valence electrons. The van der Waals surface area contributed by atoms with Crippen molar-refractivity contribution in [1.29, 1.82) is 0 Å². The molecule has 0 fully saturated rings. The molecule has 18 nitrogen and oxygen atoms in total. The second-order valence-electron chi connectivity index (χ2n) is 18.0. The maximum Gasteiger partial charge on any atom is 0.329 e. The Morgan fingerprint density at radius 3 is 1.22 bits per heavy atom. The number of fused-ring (bicyclic) bond motifs is 2. The fraction of sp³-hybridized carbons (Fsp3) is 0.233. The molecule has 0 aromatic heterocycles. The number of halogens is 1. The van der Waals surface area contributed by atoms with Crippen molar-refractivity contribution in [2.24, 2.45) is 0 Å². The Morgan fingerprint density at radius 1 is 0.458 bits per heavy atom. The molecule has 0 bridgehead atoms. The van der Waals surface area contributed by atoms with Crippen molar-refractivity contribution in [1.82, 2.24) is 0 Å². The number of carbonyl (C=O) groups is 2. The topological polar surface area (TPSA) is 241 Å². The molecule has 0 aliphatic carbocycles. The van der Waals surface area contributed by atoms with E-state index in [1.54, 1.807) is 124 Å². The monoisotopic (exact) mass is 1270 g/mol. The van der Waals surface area contributed by atoms with E-state index < -0.39 is 51.7 Å². The minimum absolute atomic E-state index is 0.0512. The summed E-state index contributed by atoms with van der Waals surface area (Å²) in [5.74, 6) is 0.649. The lowest BCUT2D eigenvalue weighted by Crippen LogP contribution is -2.44. The van der Waals surface area contributed by atoms with Crippen LogP contribution in [0.15, 0.2) is 189 Å². The third-order valence-electron chi connectivity index (χ3n) is 12.6. The van der Waals surface area contributed by atoms with Crippen LogP contribution in [0.3, 0.4) is 0 Å². The minimum atomic E-state index is -4.28. The molecule has 8 rings (SSSR count). The van der Waals surface area contributed by atoms with Crippen LogP contribution in [-0.2, 0) is 70.3 Å². The van der Waals surface area contributed by atoms with Crippen LogP contribution in [-0.4, -0.2) is 98.1 Å². The molecule has 8 aromatic rings. The van der Waals surface area contributed by atoms with E-state index in [9.17, 15) is 43.3 Å². The predicted octanol–water partition coefficient (Wildman–Crippen LogP) is 10.9. The average molecular weight is 1280 g/mol. The van der Waals surface area contributed by atoms with Crippen molar-refractivity contribution in [3.05, 3.63) is 181 Å². The number of sulfonamides is 2. The lowest BCUT2D eigenvalue weighted by molar-refractivity contribution is -0.144. The van der Waals surface area contributed by atoms with Crippen LogP contribution in [0.5, 0.6) is 23.0 Å². The van der Waals surface area contributed by atoms with Crippen LogP contribution in [0.4, 0.5) is 11.4 Å². The lowest BCUT2D eigenvalue weighted by Gasteiger charge is -2.30. The molecule has 0 saturated heterocycles. The van der Waals surface area contributed by atoms with Gasteiger partial charge in [0.15, 0.2) is 19.7 Å². The average Bonchev–Trinajstić information content (AvgIpc) is 3.00. The fourth-order valence-corrected chi connectivity index (χ4v) is 14.0. The quantitative estimate of drug-likeness (QED) is 0.0519. The summed E-state index contributed by atoms with van der Waals surface area (Å²) in [4.78, 5) is 23.5. The number of rotatable bonds is 21. The van der Waals surface area contributed by atoms with E-state index in [2.05, 4.69) is 25.4 Å². The Morgan fingerprint density at radius 2 is 0.819 bits per heavy atom. The van der Waals surface area contributed by atoms with Gasteiger partial charge in [-0.25, -0.2) is 38.5 Å². The number of ether oxygens (including phenoxy) is 6. The van der Waals surface area contributed by atoms with Crippen LogP contribution < -0.4 is 28.0 Å². The van der Waals surface area contributed by atoms with Crippen molar-refractivity contribution in [2.45, 2.75) is 69.7 Å². The van der Waals surface area contributed by atoms with Gasteiger partial charge < -0.3 is 28.4 Å². The van der Waals surface area contributed by atoms with Gasteiger partial charge in [-0.15, -0.1) is 0 Å². The zero-order chi connectivity index (χ0) is 60.7. The van der Waals surface area contributed by atoms with E-state index in [1.807, 2.05) is 0 Å². The number of sulfone groups is 2. The smallest absolute Gasteiger partial charge is 0.329 e. The first-order chi connectivity index (χ1) is 39.4. The number of nitrogens with one attached hydrogen (secondary N) is 1. The van der Waals surface area contributed by atoms with Crippen LogP contribution in [0.25, 0.3) is 21.5 Å². The molecule has 0 heterocycles. The largest absolute Gasteiger partial charge is 0.497 e. The zero-order valence-electron chi connectivity index (χ0n) is 46.6. The number of alkyl halides is 1. The van der Waals surface area contributed by atoms with Gasteiger partial charge in [0.25, 0.3) is 20.0 Å². The molecular weight excluding hydrogens is 1210 g/mol. The molecule has 2 atom stereocenters. The number of carbonyl (C=O) groups excluding carboxylic acids is 2. The van der Waals surface area contributed by atoms with Gasteiger partial charge in [-0.3, -0.25) is 13.8 Å². The number of benzene rings is 8. The second-order valence-corrected chi connectivity index (χ2v) is 26.9. The fourth-order valence-electron chi connectivity index (χ4n) is 8.36. The van der Waals surface area contributed by atoms with Gasteiger partial charge in [0, 0.05) is 10.8 Å². The lowest BCUT2D eigenvalue weighted by atomic mass is 10.0. The molecule has 0 amide bonds. The summed E-state index contributed by atoms with van der Waals surface area (Å²) in [7, 11) is -9.54. The number of hydrogen-bond donors (Lipinski definition) is 1. The van der Waals surface area contributed by atoms with Gasteiger partial charge in [-0.1, -0.05) is 76.6 Å². The molecule has 23 heteroatoms. The highest BCUT2D eigenvalue weighted by Crippen LogP contribution is 2.37. The number of nitrogens with zero attached hydrogens (tertiary/aromatic N) is 1. The highest BCUT2D eigenvalue weighted by Gasteiger charge is 2.36. The minimum Gasteiger partial charge on any atom is -0.497 e. The third kappa shape index (κ3) is 16.1. The molecular formula is C60H63BrN2O16S4. The van der Waals surface area contributed by atoms with E-state index in [1.165, 1.54) is 102 Å². The Labute approximate surface area is 493 Å². The van der Waals surface area contributed by atoms with Crippen molar-refractivity contribution < 1.29 is 71.7 Å². The standard InChI is InChI=1S/C30H31NO8S2.C25H23NO6S2.C5H9BrO2/c1-5-39-30(32)21(2)31(41(35,36)26-17-13-24(38-4)14-18-26)29-19-10-22(27-8-6-7-9-28(27)29)20-40(33,34)25-15-11-23(37-3)12-16-25;1-31-19-8-12-21(13-9-19)33(27,28)17-18-7-16-25(24-6-4-3-5-23(18)24)26-34(29,30)22-14-10-20(32-2)11-15-22;1-3-8-5(7)4(2)6/h6-19,21H,5,20H2,1-4H3;3-16,26H,17H2,1-2H3;4H,3H2,1-2H3. The van der Waals surface area contributed by atoms with Gasteiger partial charge in [0.05, 0.1) is 84.1 Å². The van der Waals surface area contributed by atoms with E-state index in [0.717, 1.165) is 4.31 Å². The number of anilines is 2. The van der Waals surface area contributed by atoms with Crippen LogP contribution >= 0.6 is 15.9 Å². The van der Waals surface area contributed by atoms with Gasteiger partial charge in [-0.2, -0.15) is 0 Å². The zero-order valence-corrected chi connectivity index (χ0v) is 51.5. The van der Waals surface area contributed by atoms with Crippen molar-refractivity contribution in [3.8, 4) is 23.0 Å². The van der Waals surface area contributed by atoms with Crippen molar-refractivity contribution in [3.63, 3.8) is 0 Å². The van der Waals surface area contributed by atoms with Gasteiger partial charge in [0.2, 0.25) is 0 Å². The van der Waals surface area contributed by atoms with E-state index in [4.69, 9.17) is 23.7 Å². The van der Waals surface area contributed by atoms with Crippen LogP contribution in [0.1, 0.15) is 38.8 Å². The Bertz CT molecular complexity index is 3880. The van der Waals surface area contributed by atoms with E-state index >= 15 is 0 Å². The summed E-state index contributed by atoms with van der Waals surface area (Å²) in [5, 5.41) is 2.24. The predicted molar refractivity (Wildman–Crippen MR) is 323 cm³/mol. The highest BCUT2D eigenvalue weighted by molar-refractivity contribution is 9.10. The molecule has 0 radical (unpaired) electrons. The Kier molecular flexibility index (Phi) is 22.2. The summed E-state index contributed by atoms with van der Waals surface area (Å²) < 4.78 is 141. The first kappa shape index (κ1) is 64.5. The number of esters is 2. The summed E-state index contributed by atoms with van der Waals surface area (Å²) >= 11 is 3.07. The molecule has 8 aromatic carbocycles. The molecule has 0 aliphatic heterocycles. The molecule has 83 heavy (non-hydrogen) atoms. The van der Waals surface area contributed by atoms with Gasteiger partial charge >= 0.3 is 11.9 Å². The van der Waals surface area contributed by atoms with E-state index in [0.29, 0.717) is 68.0 Å². The molecule has 2 unspecified atom stereocenters. The summed E-state index contributed by atoms with van der Waals surface area (Å²) in [6.45, 7) is 7.14. The van der Waals surface area contributed by atoms with Crippen molar-refractivity contribution >= 4 is 101 Å². The SMILES string of the molecule is CCOC(=O)C(C)Br.CCOC(=O)C(C)N(c1ccc(CS(=O)(=O)c2ccc(OC)cc2)c2ccccc12)S(=O)(=O)c1ccc(OC)cc1.COc1ccc(S(=O)(=O)Cc2ccc(NS(=O)(=O)c3ccc(OC)cc3)c3ccccc23)cc1. The third-order valence-corrected chi connectivity index (χ3v) is 19.6. The van der Waals surface area contributed by atoms with Gasteiger partial charge in [0.1, 0.15) is 33.9 Å². The summed E-state index contributed by atoms with van der Waals surface area (Å²) in [5.41, 5.74) is 1.61. The maximum absolute atomic E-state index is 14.0. The van der Waals surface area contributed by atoms with Crippen LogP contribution in [0, 0.1) is 0 Å². The second kappa shape index (κ2) is 28.5. The number of hydrogen-bond acceptors (Lipinski definition) is 16. The van der Waals surface area contributed by atoms with E-state index in [-0.39, 0.29) is 54.2 Å². The molecule has 0 saturated carbocycles. The first-order valence-corrected chi connectivity index (χ1v) is 32.7. The number of methoxy groups -OCH3 is 4. The Balaban J connectivity index is 0.000000238. The maximum atomic E-state index is 14.0. The first-order valence-electron chi connectivity index (χ1n) is 25.5. The van der Waals surface area contributed by atoms with Crippen LogP contribution in [0.2, 0.25) is 0 Å². The normalized spacial score (nSPS) is 12.3. The summed E-state index contributed by atoms with van der Waals surface area (Å²) in [6.07, 6.45) is 0. The van der Waals surface area contributed by atoms with Gasteiger partial charge in [-0.05, 0) is 159 Å². The van der Waals surface area contributed by atoms with Crippen molar-refractivity contribution in [2.75, 3.05) is 50.7 Å². The highest BCUT2D eigenvalue weighted by atomic mass is 79.9. The summed E-state index contributed by atoms with van der Waals surface area (Å²) in [6, 6.07) is 43.3.